The highest BCUT2D eigenvalue weighted by Crippen LogP contribution is 2.19. The molecule has 2 atom stereocenters. The quantitative estimate of drug-likeness (QED) is 0.701. The number of carboxylic acid groups (broad SMARTS) is 1. The summed E-state index contributed by atoms with van der Waals surface area (Å²) < 4.78 is 0.973. The first-order valence-corrected chi connectivity index (χ1v) is 7.66. The molecule has 0 aromatic heterocycles. The van der Waals surface area contributed by atoms with E-state index in [0.717, 1.165) is 16.5 Å². The SMILES string of the molecule is CC[C@H](C)[C@H](NCC(=O)Nc1ccc(Br)c(C)c1)C(=O)O. The number of halogens is 1. The summed E-state index contributed by atoms with van der Waals surface area (Å²) in [7, 11) is 0. The second kappa shape index (κ2) is 8.14. The zero-order valence-corrected chi connectivity index (χ0v) is 14.0. The molecule has 1 amide bonds. The number of rotatable bonds is 7. The molecule has 0 bridgehead atoms. The minimum Gasteiger partial charge on any atom is -0.480 e. The number of aryl methyl sites for hydroxylation is 1. The fourth-order valence-corrected chi connectivity index (χ4v) is 2.14. The first kappa shape index (κ1) is 17.7. The van der Waals surface area contributed by atoms with Gasteiger partial charge >= 0.3 is 5.97 Å². The van der Waals surface area contributed by atoms with E-state index in [1.54, 1.807) is 6.07 Å². The molecule has 0 unspecified atom stereocenters. The molecular weight excluding hydrogens is 336 g/mol. The molecule has 116 valence electrons. The summed E-state index contributed by atoms with van der Waals surface area (Å²) in [5, 5.41) is 14.7. The Labute approximate surface area is 133 Å². The number of hydrogen-bond acceptors (Lipinski definition) is 3. The van der Waals surface area contributed by atoms with E-state index in [1.807, 2.05) is 32.9 Å². The predicted octanol–water partition coefficient (Wildman–Crippen LogP) is 2.78. The van der Waals surface area contributed by atoms with Crippen molar-refractivity contribution < 1.29 is 14.7 Å². The topological polar surface area (TPSA) is 78.4 Å². The van der Waals surface area contributed by atoms with Gasteiger partial charge in [0.1, 0.15) is 6.04 Å². The van der Waals surface area contributed by atoms with Gasteiger partial charge in [0.15, 0.2) is 0 Å². The molecular formula is C15H21BrN2O3. The number of hydrogen-bond donors (Lipinski definition) is 3. The van der Waals surface area contributed by atoms with Gasteiger partial charge in [-0.2, -0.15) is 0 Å². The van der Waals surface area contributed by atoms with Gasteiger partial charge in [-0.15, -0.1) is 0 Å². The van der Waals surface area contributed by atoms with Gasteiger partial charge in [0.2, 0.25) is 5.91 Å². The summed E-state index contributed by atoms with van der Waals surface area (Å²) in [5.41, 5.74) is 1.71. The zero-order valence-electron chi connectivity index (χ0n) is 12.4. The summed E-state index contributed by atoms with van der Waals surface area (Å²) in [6.07, 6.45) is 0.734. The van der Waals surface area contributed by atoms with Crippen molar-refractivity contribution in [3.8, 4) is 0 Å². The lowest BCUT2D eigenvalue weighted by atomic mass is 9.99. The van der Waals surface area contributed by atoms with Crippen molar-refractivity contribution in [2.75, 3.05) is 11.9 Å². The molecule has 0 aliphatic heterocycles. The summed E-state index contributed by atoms with van der Waals surface area (Å²) >= 11 is 3.39. The van der Waals surface area contributed by atoms with Crippen molar-refractivity contribution in [2.45, 2.75) is 33.2 Å². The number of anilines is 1. The molecule has 0 aliphatic carbocycles. The largest absolute Gasteiger partial charge is 0.480 e. The Morgan fingerprint density at radius 3 is 2.57 bits per heavy atom. The highest BCUT2D eigenvalue weighted by molar-refractivity contribution is 9.10. The third-order valence-electron chi connectivity index (χ3n) is 3.40. The molecule has 1 rings (SSSR count). The molecule has 6 heteroatoms. The van der Waals surface area contributed by atoms with Gasteiger partial charge in [-0.05, 0) is 36.6 Å². The molecule has 0 heterocycles. The monoisotopic (exact) mass is 356 g/mol. The van der Waals surface area contributed by atoms with Crippen LogP contribution in [0.25, 0.3) is 0 Å². The normalized spacial score (nSPS) is 13.5. The summed E-state index contributed by atoms with van der Waals surface area (Å²) in [6.45, 7) is 5.67. The van der Waals surface area contributed by atoms with E-state index in [9.17, 15) is 9.59 Å². The zero-order chi connectivity index (χ0) is 16.0. The molecule has 3 N–H and O–H groups in total. The smallest absolute Gasteiger partial charge is 0.320 e. The highest BCUT2D eigenvalue weighted by Gasteiger charge is 2.23. The molecule has 1 aromatic rings. The number of nitrogens with one attached hydrogen (secondary N) is 2. The number of benzene rings is 1. The van der Waals surface area contributed by atoms with E-state index < -0.39 is 12.0 Å². The minimum absolute atomic E-state index is 0.0313. The van der Waals surface area contributed by atoms with Crippen LogP contribution in [0.2, 0.25) is 0 Å². The molecule has 0 fully saturated rings. The van der Waals surface area contributed by atoms with Gasteiger partial charge in [-0.3, -0.25) is 14.9 Å². The maximum Gasteiger partial charge on any atom is 0.320 e. The molecule has 0 aliphatic rings. The van der Waals surface area contributed by atoms with Crippen LogP contribution in [-0.4, -0.2) is 29.6 Å². The van der Waals surface area contributed by atoms with Crippen LogP contribution in [0, 0.1) is 12.8 Å². The van der Waals surface area contributed by atoms with Crippen LogP contribution in [0.5, 0.6) is 0 Å². The lowest BCUT2D eigenvalue weighted by molar-refractivity contribution is -0.140. The van der Waals surface area contributed by atoms with E-state index in [2.05, 4.69) is 26.6 Å². The first-order valence-electron chi connectivity index (χ1n) is 6.87. The number of aliphatic carboxylic acids is 1. The van der Waals surface area contributed by atoms with Crippen LogP contribution in [0.3, 0.4) is 0 Å². The Morgan fingerprint density at radius 1 is 1.38 bits per heavy atom. The second-order valence-electron chi connectivity index (χ2n) is 5.09. The Hall–Kier alpha value is -1.40. The van der Waals surface area contributed by atoms with E-state index in [1.165, 1.54) is 0 Å². The number of carbonyl (C=O) groups excluding carboxylic acids is 1. The molecule has 0 radical (unpaired) electrons. The molecule has 0 saturated carbocycles. The third-order valence-corrected chi connectivity index (χ3v) is 4.29. The number of carbonyl (C=O) groups is 2. The third kappa shape index (κ3) is 5.47. The summed E-state index contributed by atoms with van der Waals surface area (Å²) in [6, 6.07) is 4.79. The lowest BCUT2D eigenvalue weighted by Crippen LogP contribution is -2.45. The minimum atomic E-state index is -0.934. The van der Waals surface area contributed by atoms with Crippen LogP contribution in [0.15, 0.2) is 22.7 Å². The average molecular weight is 357 g/mol. The summed E-state index contributed by atoms with van der Waals surface area (Å²) in [4.78, 5) is 23.0. The van der Waals surface area contributed by atoms with Crippen LogP contribution >= 0.6 is 15.9 Å². The van der Waals surface area contributed by atoms with Crippen LogP contribution in [0.1, 0.15) is 25.8 Å². The van der Waals surface area contributed by atoms with Gasteiger partial charge < -0.3 is 10.4 Å². The lowest BCUT2D eigenvalue weighted by Gasteiger charge is -2.19. The van der Waals surface area contributed by atoms with Crippen LogP contribution < -0.4 is 10.6 Å². The van der Waals surface area contributed by atoms with Crippen molar-refractivity contribution >= 4 is 33.5 Å². The van der Waals surface area contributed by atoms with Gasteiger partial charge in [0.05, 0.1) is 6.54 Å². The van der Waals surface area contributed by atoms with Crippen molar-refractivity contribution in [3.05, 3.63) is 28.2 Å². The van der Waals surface area contributed by atoms with Crippen molar-refractivity contribution in [1.29, 1.82) is 0 Å². The summed E-state index contributed by atoms with van der Waals surface area (Å²) in [5.74, 6) is -1.23. The molecule has 0 saturated heterocycles. The first-order chi connectivity index (χ1) is 9.85. The molecule has 0 spiro atoms. The van der Waals surface area contributed by atoms with Crippen molar-refractivity contribution in [1.82, 2.24) is 5.32 Å². The standard InChI is InChI=1S/C15H21BrN2O3/c1-4-9(2)14(15(20)21)17-8-13(19)18-11-5-6-12(16)10(3)7-11/h5-7,9,14,17H,4,8H2,1-3H3,(H,18,19)(H,20,21)/t9-,14-/m0/s1. The Morgan fingerprint density at radius 2 is 2.05 bits per heavy atom. The van der Waals surface area contributed by atoms with Crippen molar-refractivity contribution in [2.24, 2.45) is 5.92 Å². The van der Waals surface area contributed by atoms with Crippen LogP contribution in [0.4, 0.5) is 5.69 Å². The van der Waals surface area contributed by atoms with E-state index in [0.29, 0.717) is 5.69 Å². The Kier molecular flexibility index (Phi) is 6.84. The fraction of sp³-hybridized carbons (Fsp3) is 0.467. The average Bonchev–Trinajstić information content (AvgIpc) is 2.42. The molecule has 21 heavy (non-hydrogen) atoms. The van der Waals surface area contributed by atoms with Crippen LogP contribution in [-0.2, 0) is 9.59 Å². The van der Waals surface area contributed by atoms with Gasteiger partial charge in [0, 0.05) is 10.2 Å². The van der Waals surface area contributed by atoms with Gasteiger partial charge in [0.25, 0.3) is 0 Å². The number of amides is 1. The number of carboxylic acids is 1. The van der Waals surface area contributed by atoms with Gasteiger partial charge in [-0.25, -0.2) is 0 Å². The van der Waals surface area contributed by atoms with E-state index in [-0.39, 0.29) is 18.4 Å². The van der Waals surface area contributed by atoms with Gasteiger partial charge in [-0.1, -0.05) is 36.2 Å². The Bertz CT molecular complexity index is 520. The molecule has 5 nitrogen and oxygen atoms in total. The van der Waals surface area contributed by atoms with E-state index >= 15 is 0 Å². The molecule has 1 aromatic carbocycles. The maximum absolute atomic E-state index is 11.9. The predicted molar refractivity (Wildman–Crippen MR) is 86.4 cm³/mol. The van der Waals surface area contributed by atoms with E-state index in [4.69, 9.17) is 5.11 Å². The second-order valence-corrected chi connectivity index (χ2v) is 5.95. The maximum atomic E-state index is 11.9. The highest BCUT2D eigenvalue weighted by atomic mass is 79.9. The Balaban J connectivity index is 2.56. The fourth-order valence-electron chi connectivity index (χ4n) is 1.90. The van der Waals surface area contributed by atoms with Crippen molar-refractivity contribution in [3.63, 3.8) is 0 Å².